The Balaban J connectivity index is 2.60. The first kappa shape index (κ1) is 15.0. The third kappa shape index (κ3) is 4.67. The molecule has 1 atom stereocenters. The molecular weight excluding hydrogens is 239 g/mol. The molecule has 0 N–H and O–H groups in total. The smallest absolute Gasteiger partial charge is 0.264 e. The van der Waals surface area contributed by atoms with Gasteiger partial charge in [-0.05, 0) is 24.0 Å². The molecule has 0 spiro atoms. The zero-order valence-electron chi connectivity index (χ0n) is 10.9. The highest BCUT2D eigenvalue weighted by molar-refractivity contribution is 5.23. The van der Waals surface area contributed by atoms with Gasteiger partial charge in [-0.15, -0.1) is 0 Å². The summed E-state index contributed by atoms with van der Waals surface area (Å²) in [4.78, 5) is 3.70. The van der Waals surface area contributed by atoms with E-state index < -0.39 is 11.7 Å². The van der Waals surface area contributed by atoms with Crippen molar-refractivity contribution in [2.45, 2.75) is 58.0 Å². The monoisotopic (exact) mass is 259 g/mol. The van der Waals surface area contributed by atoms with Crippen LogP contribution in [-0.2, 0) is 6.18 Å². The molecule has 1 heterocycles. The predicted octanol–water partition coefficient (Wildman–Crippen LogP) is 5.17. The lowest BCUT2D eigenvalue weighted by Crippen LogP contribution is -2.07. The Morgan fingerprint density at radius 3 is 2.50 bits per heavy atom. The molecule has 1 unspecified atom stereocenters. The molecule has 0 saturated carbocycles. The van der Waals surface area contributed by atoms with Gasteiger partial charge in [-0.25, -0.2) is 0 Å². The Kier molecular flexibility index (Phi) is 5.63. The highest BCUT2D eigenvalue weighted by Gasteiger charge is 2.31. The van der Waals surface area contributed by atoms with Crippen molar-refractivity contribution in [3.8, 4) is 0 Å². The molecule has 0 fully saturated rings. The van der Waals surface area contributed by atoms with Gasteiger partial charge in [0.25, 0.3) is 0 Å². The van der Waals surface area contributed by atoms with Crippen molar-refractivity contribution in [3.05, 3.63) is 29.6 Å². The molecule has 1 aromatic rings. The first-order chi connectivity index (χ1) is 8.45. The minimum Gasteiger partial charge on any atom is -0.264 e. The molecule has 0 aliphatic carbocycles. The SMILES string of the molecule is CCCCCCC(C)c1cncc(C(F)(F)F)c1. The summed E-state index contributed by atoms with van der Waals surface area (Å²) in [5, 5.41) is 0. The number of halogens is 3. The third-order valence-electron chi connectivity index (χ3n) is 3.15. The number of unbranched alkanes of at least 4 members (excludes halogenated alkanes) is 3. The van der Waals surface area contributed by atoms with Crippen LogP contribution in [0.1, 0.15) is 63.0 Å². The van der Waals surface area contributed by atoms with E-state index in [0.717, 1.165) is 25.5 Å². The van der Waals surface area contributed by atoms with Crippen molar-refractivity contribution in [2.75, 3.05) is 0 Å². The first-order valence-electron chi connectivity index (χ1n) is 6.47. The Morgan fingerprint density at radius 1 is 1.17 bits per heavy atom. The number of alkyl halides is 3. The van der Waals surface area contributed by atoms with E-state index in [4.69, 9.17) is 0 Å². The van der Waals surface area contributed by atoms with Crippen LogP contribution < -0.4 is 0 Å². The van der Waals surface area contributed by atoms with Crippen LogP contribution in [0.5, 0.6) is 0 Å². The molecule has 0 aliphatic heterocycles. The van der Waals surface area contributed by atoms with Gasteiger partial charge in [-0.2, -0.15) is 13.2 Å². The van der Waals surface area contributed by atoms with Crippen LogP contribution in [-0.4, -0.2) is 4.98 Å². The average molecular weight is 259 g/mol. The summed E-state index contributed by atoms with van der Waals surface area (Å²) in [5.41, 5.74) is 0.0294. The van der Waals surface area contributed by atoms with Crippen LogP contribution in [0.25, 0.3) is 0 Å². The number of pyridine rings is 1. The zero-order chi connectivity index (χ0) is 13.6. The lowest BCUT2D eigenvalue weighted by Gasteiger charge is -2.13. The number of nitrogens with zero attached hydrogens (tertiary/aromatic N) is 1. The van der Waals surface area contributed by atoms with E-state index in [2.05, 4.69) is 11.9 Å². The highest BCUT2D eigenvalue weighted by Crippen LogP contribution is 2.31. The van der Waals surface area contributed by atoms with Gasteiger partial charge in [0.15, 0.2) is 0 Å². The Labute approximate surface area is 106 Å². The van der Waals surface area contributed by atoms with Crippen LogP contribution in [0.4, 0.5) is 13.2 Å². The Morgan fingerprint density at radius 2 is 1.89 bits per heavy atom. The number of aromatic nitrogens is 1. The predicted molar refractivity (Wildman–Crippen MR) is 66.4 cm³/mol. The summed E-state index contributed by atoms with van der Waals surface area (Å²) < 4.78 is 37.6. The number of rotatable bonds is 6. The summed E-state index contributed by atoms with van der Waals surface area (Å²) in [6, 6.07) is 1.22. The molecular formula is C14H20F3N. The number of hydrogen-bond donors (Lipinski definition) is 0. The van der Waals surface area contributed by atoms with Gasteiger partial charge in [0.1, 0.15) is 0 Å². The van der Waals surface area contributed by atoms with Crippen LogP contribution in [0, 0.1) is 0 Å². The van der Waals surface area contributed by atoms with Crippen molar-refractivity contribution in [3.63, 3.8) is 0 Å². The van der Waals surface area contributed by atoms with Gasteiger partial charge < -0.3 is 0 Å². The maximum atomic E-state index is 12.5. The summed E-state index contributed by atoms with van der Waals surface area (Å²) in [6.45, 7) is 4.10. The molecule has 18 heavy (non-hydrogen) atoms. The maximum absolute atomic E-state index is 12.5. The molecule has 1 aromatic heterocycles. The zero-order valence-corrected chi connectivity index (χ0v) is 10.9. The van der Waals surface area contributed by atoms with Crippen molar-refractivity contribution in [1.82, 2.24) is 4.98 Å². The Hall–Kier alpha value is -1.06. The third-order valence-corrected chi connectivity index (χ3v) is 3.15. The summed E-state index contributed by atoms with van der Waals surface area (Å²) >= 11 is 0. The second-order valence-corrected chi connectivity index (χ2v) is 4.76. The molecule has 1 rings (SSSR count). The number of hydrogen-bond acceptors (Lipinski definition) is 1. The molecule has 0 aromatic carbocycles. The van der Waals surface area contributed by atoms with E-state index in [1.54, 1.807) is 6.20 Å². The largest absolute Gasteiger partial charge is 0.417 e. The van der Waals surface area contributed by atoms with Crippen LogP contribution in [0.2, 0.25) is 0 Å². The van der Waals surface area contributed by atoms with E-state index in [0.29, 0.717) is 5.56 Å². The maximum Gasteiger partial charge on any atom is 0.417 e. The van der Waals surface area contributed by atoms with Gasteiger partial charge >= 0.3 is 6.18 Å². The Bertz CT molecular complexity index is 360. The van der Waals surface area contributed by atoms with Crippen LogP contribution >= 0.6 is 0 Å². The molecule has 102 valence electrons. The normalized spacial score (nSPS) is 13.6. The summed E-state index contributed by atoms with van der Waals surface area (Å²) in [5.74, 6) is 0.136. The van der Waals surface area contributed by atoms with Crippen LogP contribution in [0.3, 0.4) is 0 Å². The van der Waals surface area contributed by atoms with Gasteiger partial charge in [-0.3, -0.25) is 4.98 Å². The van der Waals surface area contributed by atoms with Gasteiger partial charge in [0.05, 0.1) is 5.56 Å². The molecule has 4 heteroatoms. The minimum atomic E-state index is -4.30. The van der Waals surface area contributed by atoms with Crippen molar-refractivity contribution < 1.29 is 13.2 Å². The van der Waals surface area contributed by atoms with E-state index in [1.807, 2.05) is 6.92 Å². The topological polar surface area (TPSA) is 12.9 Å². The van der Waals surface area contributed by atoms with Crippen molar-refractivity contribution >= 4 is 0 Å². The second-order valence-electron chi connectivity index (χ2n) is 4.76. The molecule has 0 amide bonds. The van der Waals surface area contributed by atoms with Gasteiger partial charge in [0, 0.05) is 12.4 Å². The fourth-order valence-corrected chi connectivity index (χ4v) is 1.93. The fourth-order valence-electron chi connectivity index (χ4n) is 1.93. The van der Waals surface area contributed by atoms with E-state index in [1.165, 1.54) is 18.9 Å². The second kappa shape index (κ2) is 6.76. The highest BCUT2D eigenvalue weighted by atomic mass is 19.4. The van der Waals surface area contributed by atoms with E-state index >= 15 is 0 Å². The quantitative estimate of drug-likeness (QED) is 0.642. The molecule has 0 saturated heterocycles. The van der Waals surface area contributed by atoms with Crippen LogP contribution in [0.15, 0.2) is 18.5 Å². The minimum absolute atomic E-state index is 0.136. The standard InChI is InChI=1S/C14H20F3N/c1-3-4-5-6-7-11(2)12-8-13(10-18-9-12)14(15,16)17/h8-11H,3-7H2,1-2H3. The van der Waals surface area contributed by atoms with E-state index in [-0.39, 0.29) is 5.92 Å². The molecule has 0 aliphatic rings. The van der Waals surface area contributed by atoms with Gasteiger partial charge in [0.2, 0.25) is 0 Å². The van der Waals surface area contributed by atoms with E-state index in [9.17, 15) is 13.2 Å². The lowest BCUT2D eigenvalue weighted by molar-refractivity contribution is -0.137. The average Bonchev–Trinajstić information content (AvgIpc) is 2.33. The summed E-state index contributed by atoms with van der Waals surface area (Å²) in [6.07, 6.45) is 3.60. The fraction of sp³-hybridized carbons (Fsp3) is 0.643. The molecule has 0 radical (unpaired) electrons. The first-order valence-corrected chi connectivity index (χ1v) is 6.47. The van der Waals surface area contributed by atoms with Gasteiger partial charge in [-0.1, -0.05) is 39.5 Å². The van der Waals surface area contributed by atoms with Crippen molar-refractivity contribution in [1.29, 1.82) is 0 Å². The van der Waals surface area contributed by atoms with Crippen molar-refractivity contribution in [2.24, 2.45) is 0 Å². The molecule has 1 nitrogen and oxygen atoms in total. The molecule has 0 bridgehead atoms. The lowest BCUT2D eigenvalue weighted by atomic mass is 9.95. The summed E-state index contributed by atoms with van der Waals surface area (Å²) in [7, 11) is 0.